The highest BCUT2D eigenvalue weighted by Gasteiger charge is 2.41. The molecule has 0 saturated heterocycles. The maximum Gasteiger partial charge on any atom is 0.325 e. The van der Waals surface area contributed by atoms with Gasteiger partial charge in [-0.05, 0) is 58.9 Å². The fourth-order valence-corrected chi connectivity index (χ4v) is 3.90. The first-order valence-electron chi connectivity index (χ1n) is 7.33. The molecule has 6 nitrogen and oxygen atoms in total. The molecule has 0 aromatic carbocycles. The van der Waals surface area contributed by atoms with E-state index in [4.69, 9.17) is 13.3 Å². The fourth-order valence-electron chi connectivity index (χ4n) is 1.47. The first-order chi connectivity index (χ1) is 9.52. The Hall–Kier alpha value is -0.489. The normalized spacial score (nSPS) is 15.9. The third-order valence-electron chi connectivity index (χ3n) is 2.05. The predicted molar refractivity (Wildman–Crippen MR) is 93.1 cm³/mol. The van der Waals surface area contributed by atoms with Crippen LogP contribution in [0.15, 0.2) is 0 Å². The Morgan fingerprint density at radius 2 is 1.09 bits per heavy atom. The zero-order chi connectivity index (χ0) is 17.9. The van der Waals surface area contributed by atoms with Crippen LogP contribution in [-0.4, -0.2) is 54.2 Å². The van der Waals surface area contributed by atoms with Crippen LogP contribution in [0.4, 0.5) is 0 Å². The molecule has 0 amide bonds. The second kappa shape index (κ2) is 7.39. The van der Waals surface area contributed by atoms with Gasteiger partial charge in [0.15, 0.2) is 20.5 Å². The highest BCUT2D eigenvalue weighted by Crippen LogP contribution is 2.17. The molecule has 0 aliphatic heterocycles. The molecule has 0 radical (unpaired) electrons. The van der Waals surface area contributed by atoms with Gasteiger partial charge in [-0.15, -0.1) is 0 Å². The number of carbonyl (C=O) groups is 2. The summed E-state index contributed by atoms with van der Waals surface area (Å²) in [6.07, 6.45) is -3.00. The molecule has 22 heavy (non-hydrogen) atoms. The zero-order valence-electron chi connectivity index (χ0n) is 15.1. The summed E-state index contributed by atoms with van der Waals surface area (Å²) in [6, 6.07) is 0. The van der Waals surface area contributed by atoms with Crippen molar-refractivity contribution in [1.82, 2.24) is 0 Å². The van der Waals surface area contributed by atoms with Crippen LogP contribution in [-0.2, 0) is 22.9 Å². The lowest BCUT2D eigenvalue weighted by atomic mass is 10.2. The molecule has 0 rings (SSSR count). The van der Waals surface area contributed by atoms with Crippen molar-refractivity contribution < 1.29 is 28.0 Å². The summed E-state index contributed by atoms with van der Waals surface area (Å²) in [7, 11) is -6.49. The van der Waals surface area contributed by atoms with E-state index in [1.807, 2.05) is 58.9 Å². The Morgan fingerprint density at radius 3 is 1.41 bits per heavy atom. The summed E-state index contributed by atoms with van der Waals surface area (Å²) in [4.78, 5) is 24.4. The molecule has 0 aliphatic rings. The van der Waals surface area contributed by atoms with Crippen LogP contribution >= 0.6 is 0 Å². The van der Waals surface area contributed by atoms with E-state index in [1.54, 1.807) is 0 Å². The minimum Gasteiger partial charge on any atom is -0.518 e. The summed E-state index contributed by atoms with van der Waals surface area (Å²) in [5.74, 6) is -1.52. The molecule has 0 bridgehead atoms. The summed E-state index contributed by atoms with van der Waals surface area (Å²) in [5.41, 5.74) is 0. The van der Waals surface area contributed by atoms with Gasteiger partial charge in [0.2, 0.25) is 16.6 Å². The lowest BCUT2D eigenvalue weighted by Gasteiger charge is -2.31. The smallest absolute Gasteiger partial charge is 0.325 e. The molecule has 0 spiro atoms. The molecule has 0 aliphatic carbocycles. The molecule has 1 N–H and O–H groups in total. The molecule has 0 aromatic heterocycles. The average molecular weight is 367 g/mol. The number of hydrogen-bond donors (Lipinski definition) is 1. The van der Waals surface area contributed by atoms with Crippen molar-refractivity contribution in [1.29, 1.82) is 0 Å². The number of aliphatic hydroxyl groups is 1. The van der Waals surface area contributed by atoms with Gasteiger partial charge in [-0.1, -0.05) is 0 Å². The van der Waals surface area contributed by atoms with Gasteiger partial charge in [-0.3, -0.25) is 9.59 Å². The molecule has 130 valence electrons. The fraction of sp³-hybridized carbons (Fsp3) is 0.846. The molecule has 0 saturated carbocycles. The van der Waals surface area contributed by atoms with Gasteiger partial charge >= 0.3 is 11.9 Å². The zero-order valence-corrected chi connectivity index (χ0v) is 18.1. The maximum absolute atomic E-state index is 12.3. The molecular weight excluding hydrogens is 336 g/mol. The summed E-state index contributed by atoms with van der Waals surface area (Å²) in [6.45, 7) is 16.6. The van der Waals surface area contributed by atoms with E-state index in [2.05, 4.69) is 0 Å². The van der Waals surface area contributed by atoms with Crippen molar-refractivity contribution in [2.45, 2.75) is 71.1 Å². The maximum atomic E-state index is 12.3. The van der Waals surface area contributed by atoms with Crippen LogP contribution in [0, 0.1) is 0 Å². The summed E-state index contributed by atoms with van der Waals surface area (Å²) < 4.78 is 16.3. The molecule has 0 unspecified atom stereocenters. The van der Waals surface area contributed by atoms with Gasteiger partial charge in [-0.25, -0.2) is 0 Å². The predicted octanol–water partition coefficient (Wildman–Crippen LogP) is 2.32. The summed E-state index contributed by atoms with van der Waals surface area (Å²) in [5, 5.41) is 10.2. The number of rotatable bonds is 7. The van der Waals surface area contributed by atoms with Crippen LogP contribution < -0.4 is 0 Å². The number of carbonyl (C=O) groups excluding carboxylic acids is 2. The van der Waals surface area contributed by atoms with E-state index in [0.717, 1.165) is 0 Å². The van der Waals surface area contributed by atoms with Gasteiger partial charge in [-0.2, -0.15) is 0 Å². The van der Waals surface area contributed by atoms with Gasteiger partial charge in [0.1, 0.15) is 0 Å². The molecule has 9 heteroatoms. The van der Waals surface area contributed by atoms with Gasteiger partial charge in [0, 0.05) is 0 Å². The Balaban J connectivity index is 5.23. The van der Waals surface area contributed by atoms with Crippen LogP contribution in [0.25, 0.3) is 0 Å². The van der Waals surface area contributed by atoms with Crippen LogP contribution in [0.5, 0.6) is 0 Å². The Morgan fingerprint density at radius 1 is 0.727 bits per heavy atom. The Kier molecular flexibility index (Phi) is 7.22. The molecule has 0 fully saturated rings. The van der Waals surface area contributed by atoms with Crippen LogP contribution in [0.1, 0.15) is 0 Å². The number of hydrogen-bond acceptors (Lipinski definition) is 6. The number of aliphatic hydroxyl groups excluding tert-OH is 1. The van der Waals surface area contributed by atoms with Gasteiger partial charge < -0.3 is 18.4 Å². The van der Waals surface area contributed by atoms with Gasteiger partial charge in [0.25, 0.3) is 0 Å². The van der Waals surface area contributed by atoms with Crippen LogP contribution in [0.3, 0.4) is 0 Å². The second-order valence-electron chi connectivity index (χ2n) is 8.16. The van der Waals surface area contributed by atoms with E-state index < -0.39 is 49.1 Å². The van der Waals surface area contributed by atoms with Crippen molar-refractivity contribution in [2.24, 2.45) is 0 Å². The third-order valence-corrected chi connectivity index (χ3v) is 4.64. The van der Waals surface area contributed by atoms with E-state index in [9.17, 15) is 14.7 Å². The topological polar surface area (TPSA) is 82.1 Å². The van der Waals surface area contributed by atoms with Crippen molar-refractivity contribution in [3.63, 3.8) is 0 Å². The van der Waals surface area contributed by atoms with E-state index >= 15 is 0 Å². The third kappa shape index (κ3) is 9.51. The summed E-state index contributed by atoms with van der Waals surface area (Å²) >= 11 is 0. The van der Waals surface area contributed by atoms with Gasteiger partial charge in [0.05, 0.1) is 0 Å². The van der Waals surface area contributed by atoms with Crippen molar-refractivity contribution in [3.05, 3.63) is 0 Å². The van der Waals surface area contributed by atoms with E-state index in [1.165, 1.54) is 0 Å². The first kappa shape index (κ1) is 21.5. The van der Waals surface area contributed by atoms with E-state index in [-0.39, 0.29) is 0 Å². The molecular formula is C13H30O6Si3. The SMILES string of the molecule is C[Si](C)(C)OC(=O)[C@@H](O[Si](C)(C)C)[C@@H](O)C(=O)O[Si](C)(C)C. The molecule has 2 atom stereocenters. The molecule has 0 heterocycles. The Bertz CT molecular complexity index is 405. The Labute approximate surface area is 136 Å². The highest BCUT2D eigenvalue weighted by molar-refractivity contribution is 6.72. The van der Waals surface area contributed by atoms with E-state index in [0.29, 0.717) is 0 Å². The minimum atomic E-state index is -2.17. The first-order valence-corrected chi connectivity index (χ1v) is 17.6. The average Bonchev–Trinajstić information content (AvgIpc) is 2.18. The minimum absolute atomic E-state index is 0.693. The highest BCUT2D eigenvalue weighted by atomic mass is 28.4. The lowest BCUT2D eigenvalue weighted by molar-refractivity contribution is -0.162. The lowest BCUT2D eigenvalue weighted by Crippen LogP contribution is -2.51. The largest absolute Gasteiger partial charge is 0.518 e. The molecule has 0 aromatic rings. The quantitative estimate of drug-likeness (QED) is 0.696. The second-order valence-corrected chi connectivity index (χ2v) is 21.5. The van der Waals surface area contributed by atoms with Crippen molar-refractivity contribution in [3.8, 4) is 0 Å². The van der Waals surface area contributed by atoms with Crippen molar-refractivity contribution >= 4 is 36.9 Å². The standard InChI is InChI=1S/C13H30O6Si3/c1-20(2,3)17-11(13(16)19-22(7,8)9)10(14)12(15)18-21(4,5)6/h10-11,14H,1-9H3/t10-,11+/m1/s1. The van der Waals surface area contributed by atoms with Crippen molar-refractivity contribution in [2.75, 3.05) is 0 Å². The monoisotopic (exact) mass is 366 g/mol. The van der Waals surface area contributed by atoms with Crippen LogP contribution in [0.2, 0.25) is 58.9 Å².